The third-order valence-corrected chi connectivity index (χ3v) is 4.95. The second kappa shape index (κ2) is 8.16. The summed E-state index contributed by atoms with van der Waals surface area (Å²) in [6, 6.07) is 0.363. The molecule has 1 saturated carbocycles. The van der Waals surface area contributed by atoms with E-state index in [1.807, 2.05) is 4.90 Å². The number of methoxy groups -OCH3 is 1. The Morgan fingerprint density at radius 3 is 2.45 bits per heavy atom. The lowest BCUT2D eigenvalue weighted by Crippen LogP contribution is -2.52. The van der Waals surface area contributed by atoms with E-state index in [0.717, 1.165) is 38.6 Å². The van der Waals surface area contributed by atoms with E-state index < -0.39 is 0 Å². The highest BCUT2D eigenvalue weighted by Crippen LogP contribution is 2.23. The van der Waals surface area contributed by atoms with Crippen molar-refractivity contribution < 1.29 is 14.3 Å². The molecule has 2 amide bonds. The van der Waals surface area contributed by atoms with Gasteiger partial charge in [0, 0.05) is 26.2 Å². The molecule has 1 saturated heterocycles. The molecule has 0 spiro atoms. The number of hydrogen-bond acceptors (Lipinski definition) is 3. The van der Waals surface area contributed by atoms with Gasteiger partial charge < -0.3 is 19.7 Å². The van der Waals surface area contributed by atoms with Gasteiger partial charge in [-0.15, -0.1) is 0 Å². The van der Waals surface area contributed by atoms with Gasteiger partial charge in [-0.05, 0) is 51.9 Å². The summed E-state index contributed by atoms with van der Waals surface area (Å²) >= 11 is 0. The van der Waals surface area contributed by atoms with Crippen LogP contribution < -0.4 is 5.32 Å². The molecule has 0 unspecified atom stereocenters. The Morgan fingerprint density at radius 2 is 1.86 bits per heavy atom. The summed E-state index contributed by atoms with van der Waals surface area (Å²) in [5.74, 6) is 0.526. The van der Waals surface area contributed by atoms with E-state index in [0.29, 0.717) is 24.6 Å². The van der Waals surface area contributed by atoms with E-state index >= 15 is 0 Å². The topological polar surface area (TPSA) is 50.8 Å². The molecule has 2 aliphatic rings. The van der Waals surface area contributed by atoms with Crippen LogP contribution in [0, 0.1) is 5.92 Å². The van der Waals surface area contributed by atoms with E-state index in [1.165, 1.54) is 0 Å². The lowest BCUT2D eigenvalue weighted by Gasteiger charge is -2.37. The maximum Gasteiger partial charge on any atom is 0.317 e. The van der Waals surface area contributed by atoms with Gasteiger partial charge in [-0.1, -0.05) is 6.92 Å². The Morgan fingerprint density at radius 1 is 1.18 bits per heavy atom. The number of nitrogens with one attached hydrogen (secondary N) is 1. The van der Waals surface area contributed by atoms with Crippen molar-refractivity contribution >= 4 is 6.03 Å². The van der Waals surface area contributed by atoms with Crippen molar-refractivity contribution in [3.8, 4) is 0 Å². The summed E-state index contributed by atoms with van der Waals surface area (Å²) in [5.41, 5.74) is 0. The Balaban J connectivity index is 1.74. The fourth-order valence-electron chi connectivity index (χ4n) is 3.52. The SMILES string of the molecule is CO[C@H]1CN(C(=O)NC2CCC(OC(C)C)CC2)CC[C@@H]1C. The monoisotopic (exact) mass is 312 g/mol. The van der Waals surface area contributed by atoms with Crippen molar-refractivity contribution in [3.63, 3.8) is 0 Å². The molecule has 2 rings (SSSR count). The number of rotatable bonds is 4. The van der Waals surface area contributed by atoms with Crippen LogP contribution in [0.5, 0.6) is 0 Å². The van der Waals surface area contributed by atoms with Crippen LogP contribution in [0.2, 0.25) is 0 Å². The molecule has 5 nitrogen and oxygen atoms in total. The quantitative estimate of drug-likeness (QED) is 0.868. The number of carbonyl (C=O) groups excluding carboxylic acids is 1. The van der Waals surface area contributed by atoms with Crippen LogP contribution in [0.3, 0.4) is 0 Å². The molecular weight excluding hydrogens is 280 g/mol. The van der Waals surface area contributed by atoms with E-state index in [9.17, 15) is 4.79 Å². The third kappa shape index (κ3) is 4.85. The maximum absolute atomic E-state index is 12.4. The molecular formula is C17H32N2O3. The number of urea groups is 1. The van der Waals surface area contributed by atoms with Gasteiger partial charge in [-0.3, -0.25) is 0 Å². The Bertz CT molecular complexity index is 354. The fraction of sp³-hybridized carbons (Fsp3) is 0.941. The molecule has 0 aromatic carbocycles. The summed E-state index contributed by atoms with van der Waals surface area (Å²) < 4.78 is 11.3. The zero-order chi connectivity index (χ0) is 16.1. The lowest BCUT2D eigenvalue weighted by atomic mass is 9.92. The zero-order valence-corrected chi connectivity index (χ0v) is 14.5. The van der Waals surface area contributed by atoms with Gasteiger partial charge in [0.1, 0.15) is 0 Å². The highest BCUT2D eigenvalue weighted by Gasteiger charge is 2.30. The van der Waals surface area contributed by atoms with Gasteiger partial charge in [0.2, 0.25) is 0 Å². The molecule has 0 aromatic heterocycles. The summed E-state index contributed by atoms with van der Waals surface area (Å²) in [4.78, 5) is 14.3. The first kappa shape index (κ1) is 17.5. The van der Waals surface area contributed by atoms with Crippen molar-refractivity contribution in [2.24, 2.45) is 5.92 Å². The third-order valence-electron chi connectivity index (χ3n) is 4.95. The normalized spacial score (nSPS) is 33.0. The maximum atomic E-state index is 12.4. The van der Waals surface area contributed by atoms with Gasteiger partial charge in [-0.2, -0.15) is 0 Å². The van der Waals surface area contributed by atoms with Gasteiger partial charge in [0.05, 0.1) is 18.3 Å². The summed E-state index contributed by atoms with van der Waals surface area (Å²) in [6.07, 6.45) is 5.94. The standard InChI is InChI=1S/C17H32N2O3/c1-12(2)22-15-7-5-14(6-8-15)18-17(20)19-10-9-13(3)16(11-19)21-4/h12-16H,5-11H2,1-4H3,(H,18,20)/t13-,14?,15?,16-/m0/s1. The second-order valence-electron chi connectivity index (χ2n) is 7.09. The molecule has 1 aliphatic carbocycles. The van der Waals surface area contributed by atoms with Crippen LogP contribution >= 0.6 is 0 Å². The van der Waals surface area contributed by atoms with Crippen LogP contribution in [-0.4, -0.2) is 55.5 Å². The second-order valence-corrected chi connectivity index (χ2v) is 7.09. The minimum atomic E-state index is 0.0715. The van der Waals surface area contributed by atoms with Crippen molar-refractivity contribution in [2.75, 3.05) is 20.2 Å². The number of ether oxygens (including phenoxy) is 2. The molecule has 128 valence electrons. The molecule has 2 atom stereocenters. The number of piperidine rings is 1. The smallest absolute Gasteiger partial charge is 0.317 e. The van der Waals surface area contributed by atoms with E-state index in [-0.39, 0.29) is 18.2 Å². The van der Waals surface area contributed by atoms with Gasteiger partial charge in [0.25, 0.3) is 0 Å². The average molecular weight is 312 g/mol. The molecule has 0 aromatic rings. The largest absolute Gasteiger partial charge is 0.379 e. The summed E-state index contributed by atoms with van der Waals surface area (Å²) in [7, 11) is 1.73. The summed E-state index contributed by atoms with van der Waals surface area (Å²) in [5, 5.41) is 3.20. The molecule has 0 radical (unpaired) electrons. The van der Waals surface area contributed by atoms with Crippen molar-refractivity contribution in [3.05, 3.63) is 0 Å². The van der Waals surface area contributed by atoms with Crippen LogP contribution in [-0.2, 0) is 9.47 Å². The molecule has 5 heteroatoms. The average Bonchev–Trinajstić information content (AvgIpc) is 2.49. The molecule has 0 bridgehead atoms. The van der Waals surface area contributed by atoms with Crippen LogP contribution in [0.4, 0.5) is 4.79 Å². The lowest BCUT2D eigenvalue weighted by molar-refractivity contribution is -0.0166. The number of carbonyl (C=O) groups is 1. The number of hydrogen-bond donors (Lipinski definition) is 1. The van der Waals surface area contributed by atoms with E-state index in [2.05, 4.69) is 26.1 Å². The Kier molecular flexibility index (Phi) is 6.50. The minimum Gasteiger partial charge on any atom is -0.379 e. The summed E-state index contributed by atoms with van der Waals surface area (Å²) in [6.45, 7) is 7.89. The van der Waals surface area contributed by atoms with Crippen LogP contribution in [0.15, 0.2) is 0 Å². The fourth-order valence-corrected chi connectivity index (χ4v) is 3.52. The first-order valence-electron chi connectivity index (χ1n) is 8.73. The molecule has 1 heterocycles. The number of amides is 2. The van der Waals surface area contributed by atoms with Crippen molar-refractivity contribution in [2.45, 2.75) is 77.2 Å². The van der Waals surface area contributed by atoms with Gasteiger partial charge in [-0.25, -0.2) is 4.79 Å². The highest BCUT2D eigenvalue weighted by molar-refractivity contribution is 5.74. The van der Waals surface area contributed by atoms with E-state index in [4.69, 9.17) is 9.47 Å². The zero-order valence-electron chi connectivity index (χ0n) is 14.5. The van der Waals surface area contributed by atoms with Gasteiger partial charge in [0.15, 0.2) is 0 Å². The molecule has 2 fully saturated rings. The molecule has 1 N–H and O–H groups in total. The predicted molar refractivity (Wildman–Crippen MR) is 86.9 cm³/mol. The molecule has 1 aliphatic heterocycles. The predicted octanol–water partition coefficient (Wildman–Crippen LogP) is 2.79. The Labute approximate surface area is 134 Å². The van der Waals surface area contributed by atoms with Crippen molar-refractivity contribution in [1.29, 1.82) is 0 Å². The highest BCUT2D eigenvalue weighted by atomic mass is 16.5. The van der Waals surface area contributed by atoms with E-state index in [1.54, 1.807) is 7.11 Å². The van der Waals surface area contributed by atoms with Crippen LogP contribution in [0.1, 0.15) is 52.9 Å². The van der Waals surface area contributed by atoms with Crippen molar-refractivity contribution in [1.82, 2.24) is 10.2 Å². The Hall–Kier alpha value is -0.810. The first-order chi connectivity index (χ1) is 10.5. The van der Waals surface area contributed by atoms with Crippen LogP contribution in [0.25, 0.3) is 0 Å². The molecule has 22 heavy (non-hydrogen) atoms. The minimum absolute atomic E-state index is 0.0715. The van der Waals surface area contributed by atoms with Gasteiger partial charge >= 0.3 is 6.03 Å². The first-order valence-corrected chi connectivity index (χ1v) is 8.73. The number of likely N-dealkylation sites (tertiary alicyclic amines) is 1. The number of nitrogens with zero attached hydrogens (tertiary/aromatic N) is 1.